The summed E-state index contributed by atoms with van der Waals surface area (Å²) in [6, 6.07) is 1.74. The van der Waals surface area contributed by atoms with E-state index in [4.69, 9.17) is 17.0 Å². The van der Waals surface area contributed by atoms with Gasteiger partial charge in [-0.15, -0.1) is 11.3 Å². The van der Waals surface area contributed by atoms with E-state index >= 15 is 0 Å². The van der Waals surface area contributed by atoms with Crippen LogP contribution >= 0.6 is 11.3 Å². The largest absolute Gasteiger partial charge is 0.402 e. The quantitative estimate of drug-likeness (QED) is 0.334. The molecule has 27 heavy (non-hydrogen) atoms. The van der Waals surface area contributed by atoms with Crippen LogP contribution in [0.15, 0.2) is 35.0 Å². The van der Waals surface area contributed by atoms with E-state index in [1.807, 2.05) is 7.05 Å². The van der Waals surface area contributed by atoms with Crippen molar-refractivity contribution < 1.29 is 0 Å². The first-order valence-electron chi connectivity index (χ1n) is 8.06. The Bertz CT molecular complexity index is 1260. The molecule has 0 bridgehead atoms. The molecule has 0 spiro atoms. The number of allylic oxidation sites excluding steroid dienone is 2. The zero-order chi connectivity index (χ0) is 19.1. The standard InChI is InChI=1S/C16H17N9OS/c1-23-13-11(14-15(23)22-12(27-14)6-9(18)2-4-17)7-21-24(16(13)26)8-10-3-5-20-25(10)19/h2-5,7,17H,6,8,18-19H2,1H3. The van der Waals surface area contributed by atoms with Crippen molar-refractivity contribution in [1.29, 1.82) is 5.41 Å². The Kier molecular flexibility index (Phi) is 4.00. The van der Waals surface area contributed by atoms with Gasteiger partial charge >= 0.3 is 0 Å². The summed E-state index contributed by atoms with van der Waals surface area (Å²) in [7, 11) is 1.81. The van der Waals surface area contributed by atoms with Crippen molar-refractivity contribution in [3.63, 3.8) is 0 Å². The van der Waals surface area contributed by atoms with Gasteiger partial charge in [0.25, 0.3) is 5.56 Å². The Morgan fingerprint density at radius 3 is 2.93 bits per heavy atom. The number of rotatable bonds is 5. The third-order valence-electron chi connectivity index (χ3n) is 4.29. The predicted octanol–water partition coefficient (Wildman–Crippen LogP) is 0.338. The lowest BCUT2D eigenvalue weighted by Gasteiger charge is -2.05. The molecule has 0 unspecified atom stereocenters. The van der Waals surface area contributed by atoms with Crippen molar-refractivity contribution in [2.45, 2.75) is 13.0 Å². The lowest BCUT2D eigenvalue weighted by molar-refractivity contribution is 0.607. The molecule has 4 rings (SSSR count). The van der Waals surface area contributed by atoms with Crippen LogP contribution in [-0.4, -0.2) is 35.4 Å². The number of aryl methyl sites for hydroxylation is 1. The number of nitrogen functional groups attached to an aromatic ring is 1. The van der Waals surface area contributed by atoms with Gasteiger partial charge in [0.1, 0.15) is 10.5 Å². The molecule has 0 aliphatic heterocycles. The maximum atomic E-state index is 12.9. The van der Waals surface area contributed by atoms with Crippen molar-refractivity contribution in [3.05, 3.63) is 51.3 Å². The molecular formula is C16H17N9OS. The van der Waals surface area contributed by atoms with Crippen LogP contribution in [0.2, 0.25) is 0 Å². The molecule has 4 heterocycles. The highest BCUT2D eigenvalue weighted by Crippen LogP contribution is 2.31. The maximum absolute atomic E-state index is 12.9. The van der Waals surface area contributed by atoms with E-state index in [2.05, 4.69) is 15.2 Å². The minimum atomic E-state index is -0.217. The average Bonchev–Trinajstić information content (AvgIpc) is 3.28. The summed E-state index contributed by atoms with van der Waals surface area (Å²) >= 11 is 1.47. The molecular weight excluding hydrogens is 366 g/mol. The molecule has 5 N–H and O–H groups in total. The van der Waals surface area contributed by atoms with Crippen LogP contribution in [-0.2, 0) is 20.0 Å². The second-order valence-electron chi connectivity index (χ2n) is 6.04. The second kappa shape index (κ2) is 6.36. The fourth-order valence-electron chi connectivity index (χ4n) is 2.98. The fourth-order valence-corrected chi connectivity index (χ4v) is 4.12. The first kappa shape index (κ1) is 17.0. The van der Waals surface area contributed by atoms with Gasteiger partial charge < -0.3 is 21.6 Å². The third kappa shape index (κ3) is 2.77. The Morgan fingerprint density at radius 1 is 1.41 bits per heavy atom. The molecule has 0 aliphatic carbocycles. The van der Waals surface area contributed by atoms with Crippen LogP contribution in [0.25, 0.3) is 21.3 Å². The molecule has 0 radical (unpaired) electrons. The molecule has 4 aromatic heterocycles. The zero-order valence-corrected chi connectivity index (χ0v) is 15.3. The molecule has 11 heteroatoms. The monoisotopic (exact) mass is 383 g/mol. The molecule has 4 aromatic rings. The number of hydrogen-bond donors (Lipinski definition) is 3. The van der Waals surface area contributed by atoms with Crippen LogP contribution in [0.1, 0.15) is 10.7 Å². The van der Waals surface area contributed by atoms with Gasteiger partial charge in [-0.2, -0.15) is 15.0 Å². The summed E-state index contributed by atoms with van der Waals surface area (Å²) in [6.45, 7) is 0.230. The van der Waals surface area contributed by atoms with Gasteiger partial charge in [0.15, 0.2) is 5.65 Å². The highest BCUT2D eigenvalue weighted by Gasteiger charge is 2.18. The smallest absolute Gasteiger partial charge is 0.291 e. The van der Waals surface area contributed by atoms with Gasteiger partial charge in [-0.25, -0.2) is 9.67 Å². The van der Waals surface area contributed by atoms with Gasteiger partial charge in [0, 0.05) is 30.8 Å². The number of hydrogen-bond acceptors (Lipinski definition) is 8. The normalized spacial score (nSPS) is 12.3. The Labute approximate surface area is 156 Å². The van der Waals surface area contributed by atoms with E-state index in [9.17, 15) is 4.79 Å². The van der Waals surface area contributed by atoms with Crippen molar-refractivity contribution in [2.75, 3.05) is 5.84 Å². The van der Waals surface area contributed by atoms with Crippen molar-refractivity contribution in [1.82, 2.24) is 29.2 Å². The van der Waals surface area contributed by atoms with Crippen molar-refractivity contribution >= 4 is 38.8 Å². The van der Waals surface area contributed by atoms with Gasteiger partial charge in [-0.3, -0.25) is 4.79 Å². The number of aromatic nitrogens is 6. The molecule has 0 saturated heterocycles. The van der Waals surface area contributed by atoms with E-state index in [0.29, 0.717) is 29.0 Å². The minimum absolute atomic E-state index is 0.217. The van der Waals surface area contributed by atoms with Crippen molar-refractivity contribution in [2.24, 2.45) is 12.8 Å². The van der Waals surface area contributed by atoms with Crippen LogP contribution in [0.3, 0.4) is 0 Å². The average molecular weight is 383 g/mol. The van der Waals surface area contributed by atoms with Gasteiger partial charge in [-0.1, -0.05) is 0 Å². The molecule has 10 nitrogen and oxygen atoms in total. The first-order chi connectivity index (χ1) is 13.0. The number of thiazole rings is 1. The first-order valence-corrected chi connectivity index (χ1v) is 8.88. The number of nitrogens with zero attached hydrogens (tertiary/aromatic N) is 6. The van der Waals surface area contributed by atoms with Crippen LogP contribution < -0.4 is 17.1 Å². The summed E-state index contributed by atoms with van der Waals surface area (Å²) in [5, 5.41) is 16.9. The second-order valence-corrected chi connectivity index (χ2v) is 7.12. The van der Waals surface area contributed by atoms with Crippen LogP contribution in [0.5, 0.6) is 0 Å². The van der Waals surface area contributed by atoms with Crippen molar-refractivity contribution in [3.8, 4) is 0 Å². The van der Waals surface area contributed by atoms with Gasteiger partial charge in [-0.05, 0) is 12.1 Å². The zero-order valence-electron chi connectivity index (χ0n) is 14.5. The number of nitrogens with two attached hydrogens (primary N) is 2. The van der Waals surface area contributed by atoms with Crippen LogP contribution in [0.4, 0.5) is 0 Å². The van der Waals surface area contributed by atoms with Crippen LogP contribution in [0, 0.1) is 5.41 Å². The van der Waals surface area contributed by atoms with Gasteiger partial charge in [0.05, 0.1) is 29.3 Å². The summed E-state index contributed by atoms with van der Waals surface area (Å²) in [5.41, 5.74) is 8.14. The Balaban J connectivity index is 1.81. The molecule has 0 aromatic carbocycles. The van der Waals surface area contributed by atoms with E-state index in [1.165, 1.54) is 26.9 Å². The van der Waals surface area contributed by atoms with Gasteiger partial charge in [0.2, 0.25) is 0 Å². The Morgan fingerprint density at radius 2 is 2.22 bits per heavy atom. The predicted molar refractivity (Wildman–Crippen MR) is 104 cm³/mol. The topological polar surface area (TPSA) is 146 Å². The molecule has 0 saturated carbocycles. The Hall–Kier alpha value is -3.47. The van der Waals surface area contributed by atoms with E-state index < -0.39 is 0 Å². The molecule has 0 fully saturated rings. The summed E-state index contributed by atoms with van der Waals surface area (Å²) in [6.07, 6.45) is 6.39. The summed E-state index contributed by atoms with van der Waals surface area (Å²) in [4.78, 5) is 18.8. The maximum Gasteiger partial charge on any atom is 0.291 e. The fraction of sp³-hybridized carbons (Fsp3) is 0.188. The molecule has 0 aliphatic rings. The summed E-state index contributed by atoms with van der Waals surface area (Å²) in [5.74, 6) is 5.72. The molecule has 138 valence electrons. The summed E-state index contributed by atoms with van der Waals surface area (Å²) < 4.78 is 4.03. The lowest BCUT2D eigenvalue weighted by atomic mass is 10.3. The van der Waals surface area contributed by atoms with E-state index in [-0.39, 0.29) is 12.1 Å². The minimum Gasteiger partial charge on any atom is -0.402 e. The molecule has 0 amide bonds. The SMILES string of the molecule is Cn1c2nc(CC(N)=CC=N)sc2c2cnn(Cc3ccnn3N)c(=O)c21. The van der Waals surface area contributed by atoms with E-state index in [0.717, 1.165) is 21.3 Å². The third-order valence-corrected chi connectivity index (χ3v) is 5.36. The molecule has 0 atom stereocenters. The highest BCUT2D eigenvalue weighted by molar-refractivity contribution is 7.19. The highest BCUT2D eigenvalue weighted by atomic mass is 32.1. The van der Waals surface area contributed by atoms with E-state index in [1.54, 1.807) is 23.0 Å². The number of fused-ring (bicyclic) bond motifs is 3. The lowest BCUT2D eigenvalue weighted by Crippen LogP contribution is -2.27. The number of nitrogens with one attached hydrogen (secondary N) is 1.